The van der Waals surface area contributed by atoms with Crippen LogP contribution in [0.25, 0.3) is 0 Å². The summed E-state index contributed by atoms with van der Waals surface area (Å²) >= 11 is 5.57. The van der Waals surface area contributed by atoms with Crippen LogP contribution in [0.2, 0.25) is 0 Å². The maximum atomic E-state index is 10.5. The third kappa shape index (κ3) is 8.20. The highest BCUT2D eigenvalue weighted by atomic mass is 35.5. The number of nitrogens with one attached hydrogen (secondary N) is 1. The fourth-order valence-electron chi connectivity index (χ4n) is 0.443. The lowest BCUT2D eigenvalue weighted by atomic mass is 10.3. The van der Waals surface area contributed by atoms with E-state index in [1.54, 1.807) is 0 Å². The summed E-state index contributed by atoms with van der Waals surface area (Å²) in [4.78, 5) is 0. The largest absolute Gasteiger partial charge is 0.215 e. The predicted octanol–water partition coefficient (Wildman–Crippen LogP) is 0.553. The van der Waals surface area contributed by atoms with E-state index in [1.807, 2.05) is 6.92 Å². The lowest BCUT2D eigenvalue weighted by molar-refractivity contribution is 0.585. The molecule has 0 bridgehead atoms. The van der Waals surface area contributed by atoms with Gasteiger partial charge in [-0.05, 0) is 13.3 Å². The van der Waals surface area contributed by atoms with Gasteiger partial charge in [0.25, 0.3) is 0 Å². The van der Waals surface area contributed by atoms with Crippen molar-refractivity contribution in [1.82, 2.24) is 4.72 Å². The van der Waals surface area contributed by atoms with E-state index in [4.69, 9.17) is 11.6 Å². The summed E-state index contributed by atoms with van der Waals surface area (Å²) < 4.78 is 23.3. The Hall–Kier alpha value is 0.200. The van der Waals surface area contributed by atoms with E-state index in [0.717, 1.165) is 6.26 Å². The van der Waals surface area contributed by atoms with Crippen molar-refractivity contribution in [2.75, 3.05) is 12.8 Å². The van der Waals surface area contributed by atoms with E-state index < -0.39 is 10.0 Å². The monoisotopic (exact) mass is 185 g/mol. The van der Waals surface area contributed by atoms with Gasteiger partial charge in [0.05, 0.1) is 6.26 Å². The molecule has 3 nitrogen and oxygen atoms in total. The van der Waals surface area contributed by atoms with E-state index >= 15 is 0 Å². The molecule has 5 heteroatoms. The molecule has 1 atom stereocenters. The fraction of sp³-hybridized carbons (Fsp3) is 1.00. The first kappa shape index (κ1) is 10.2. The summed E-state index contributed by atoms with van der Waals surface area (Å²) in [5, 5.41) is 0.0225. The Morgan fingerprint density at radius 1 is 1.60 bits per heavy atom. The third-order valence-electron chi connectivity index (χ3n) is 0.906. The Labute approximate surface area is 66.8 Å². The van der Waals surface area contributed by atoms with E-state index in [1.165, 1.54) is 0 Å². The molecule has 1 N–H and O–H groups in total. The number of rotatable bonds is 4. The van der Waals surface area contributed by atoms with E-state index in [2.05, 4.69) is 4.72 Å². The molecule has 0 radical (unpaired) electrons. The number of alkyl halides is 1. The molecule has 0 aliphatic heterocycles. The van der Waals surface area contributed by atoms with Crippen LogP contribution in [0.4, 0.5) is 0 Å². The van der Waals surface area contributed by atoms with Crippen molar-refractivity contribution in [2.45, 2.75) is 18.7 Å². The summed E-state index contributed by atoms with van der Waals surface area (Å²) in [5.74, 6) is 0. The number of hydrogen-bond acceptors (Lipinski definition) is 2. The summed E-state index contributed by atoms with van der Waals surface area (Å²) in [6.45, 7) is 2.25. The lowest BCUT2D eigenvalue weighted by Gasteiger charge is -2.02. The number of halogens is 1. The van der Waals surface area contributed by atoms with Gasteiger partial charge in [-0.3, -0.25) is 0 Å². The molecule has 0 heterocycles. The number of hydrogen-bond donors (Lipinski definition) is 1. The maximum Gasteiger partial charge on any atom is 0.208 e. The standard InChI is InChI=1S/C5H12ClNO2S/c1-5(6)3-4-7-10(2,8)9/h5,7H,3-4H2,1-2H3. The van der Waals surface area contributed by atoms with Gasteiger partial charge in [0.15, 0.2) is 0 Å². The molecule has 1 unspecified atom stereocenters. The van der Waals surface area contributed by atoms with Crippen LogP contribution in [0.5, 0.6) is 0 Å². The molecule has 0 rings (SSSR count). The van der Waals surface area contributed by atoms with Crippen molar-refractivity contribution in [3.05, 3.63) is 0 Å². The Bertz CT molecular complexity index is 176. The van der Waals surface area contributed by atoms with Gasteiger partial charge in [-0.25, -0.2) is 13.1 Å². The lowest BCUT2D eigenvalue weighted by Crippen LogP contribution is -2.24. The second-order valence-corrected chi connectivity index (χ2v) is 4.81. The van der Waals surface area contributed by atoms with Crippen LogP contribution in [0.15, 0.2) is 0 Å². The van der Waals surface area contributed by atoms with Gasteiger partial charge < -0.3 is 0 Å². The number of sulfonamides is 1. The molecular formula is C5H12ClNO2S. The van der Waals surface area contributed by atoms with Crippen LogP contribution >= 0.6 is 11.6 Å². The zero-order chi connectivity index (χ0) is 8.20. The summed E-state index contributed by atoms with van der Waals surface area (Å²) in [6.07, 6.45) is 1.79. The summed E-state index contributed by atoms with van der Waals surface area (Å²) in [6, 6.07) is 0. The fourth-order valence-corrected chi connectivity index (χ4v) is 1.04. The smallest absolute Gasteiger partial charge is 0.208 e. The second kappa shape index (κ2) is 4.16. The molecule has 0 aromatic heterocycles. The van der Waals surface area contributed by atoms with E-state index in [0.29, 0.717) is 13.0 Å². The van der Waals surface area contributed by atoms with Gasteiger partial charge in [0.1, 0.15) is 0 Å². The minimum Gasteiger partial charge on any atom is -0.215 e. The first-order valence-electron chi connectivity index (χ1n) is 3.00. The maximum absolute atomic E-state index is 10.5. The third-order valence-corrected chi connectivity index (χ3v) is 1.85. The zero-order valence-corrected chi connectivity index (χ0v) is 7.67. The minimum absolute atomic E-state index is 0.0225. The Morgan fingerprint density at radius 2 is 2.10 bits per heavy atom. The van der Waals surface area contributed by atoms with Crippen LogP contribution in [0, 0.1) is 0 Å². The normalized spacial score (nSPS) is 15.1. The Balaban J connectivity index is 3.39. The van der Waals surface area contributed by atoms with Crippen molar-refractivity contribution >= 4 is 21.6 Å². The molecule has 62 valence electrons. The zero-order valence-electron chi connectivity index (χ0n) is 6.09. The van der Waals surface area contributed by atoms with Crippen LogP contribution in [-0.2, 0) is 10.0 Å². The van der Waals surface area contributed by atoms with Crippen molar-refractivity contribution in [2.24, 2.45) is 0 Å². The van der Waals surface area contributed by atoms with Crippen LogP contribution < -0.4 is 4.72 Å². The van der Waals surface area contributed by atoms with Gasteiger partial charge in [-0.1, -0.05) is 0 Å². The molecule has 0 spiro atoms. The molecule has 0 aliphatic carbocycles. The molecule has 0 saturated carbocycles. The molecule has 0 fully saturated rings. The van der Waals surface area contributed by atoms with Gasteiger partial charge in [-0.2, -0.15) is 0 Å². The first-order valence-corrected chi connectivity index (χ1v) is 5.33. The first-order chi connectivity index (χ1) is 4.42. The molecule has 10 heavy (non-hydrogen) atoms. The quantitative estimate of drug-likeness (QED) is 0.651. The Kier molecular flexibility index (Phi) is 4.24. The average molecular weight is 186 g/mol. The highest BCUT2D eigenvalue weighted by Crippen LogP contribution is 1.97. The summed E-state index contributed by atoms with van der Waals surface area (Å²) in [7, 11) is -3.03. The van der Waals surface area contributed by atoms with Gasteiger partial charge in [0, 0.05) is 11.9 Å². The van der Waals surface area contributed by atoms with Gasteiger partial charge >= 0.3 is 0 Å². The molecule has 0 aliphatic rings. The average Bonchev–Trinajstić information content (AvgIpc) is 1.59. The minimum atomic E-state index is -3.03. The van der Waals surface area contributed by atoms with Crippen molar-refractivity contribution in [3.8, 4) is 0 Å². The molecule has 0 aromatic carbocycles. The van der Waals surface area contributed by atoms with Crippen molar-refractivity contribution in [3.63, 3.8) is 0 Å². The highest BCUT2D eigenvalue weighted by molar-refractivity contribution is 7.88. The molecule has 0 amide bonds. The van der Waals surface area contributed by atoms with Crippen LogP contribution in [-0.4, -0.2) is 26.6 Å². The topological polar surface area (TPSA) is 46.2 Å². The highest BCUT2D eigenvalue weighted by Gasteiger charge is 2.00. The van der Waals surface area contributed by atoms with Crippen LogP contribution in [0.3, 0.4) is 0 Å². The predicted molar refractivity (Wildman–Crippen MR) is 42.8 cm³/mol. The van der Waals surface area contributed by atoms with Gasteiger partial charge in [-0.15, -0.1) is 11.6 Å². The van der Waals surface area contributed by atoms with Crippen molar-refractivity contribution in [1.29, 1.82) is 0 Å². The second-order valence-electron chi connectivity index (χ2n) is 2.24. The molecule has 0 aromatic rings. The van der Waals surface area contributed by atoms with Crippen molar-refractivity contribution < 1.29 is 8.42 Å². The Morgan fingerprint density at radius 3 is 2.40 bits per heavy atom. The SMILES string of the molecule is CC(Cl)CCNS(C)(=O)=O. The summed E-state index contributed by atoms with van der Waals surface area (Å²) in [5.41, 5.74) is 0. The molecule has 0 saturated heterocycles. The molecular weight excluding hydrogens is 174 g/mol. The van der Waals surface area contributed by atoms with Crippen LogP contribution in [0.1, 0.15) is 13.3 Å². The van der Waals surface area contributed by atoms with Gasteiger partial charge in [0.2, 0.25) is 10.0 Å². The van der Waals surface area contributed by atoms with E-state index in [9.17, 15) is 8.42 Å². The van der Waals surface area contributed by atoms with E-state index in [-0.39, 0.29) is 5.38 Å².